The van der Waals surface area contributed by atoms with Crippen molar-refractivity contribution in [3.8, 4) is 11.5 Å². The first-order valence-electron chi connectivity index (χ1n) is 8.20. The van der Waals surface area contributed by atoms with Gasteiger partial charge in [-0.3, -0.25) is 9.78 Å². The first kappa shape index (κ1) is 16.5. The van der Waals surface area contributed by atoms with Crippen LogP contribution in [0.4, 0.5) is 0 Å². The summed E-state index contributed by atoms with van der Waals surface area (Å²) in [5.74, 6) is 1.38. The lowest BCUT2D eigenvalue weighted by molar-refractivity contribution is -0.137. The van der Waals surface area contributed by atoms with E-state index in [0.29, 0.717) is 42.9 Å². The number of ether oxygens (including phenoxy) is 1. The van der Waals surface area contributed by atoms with Crippen LogP contribution in [0, 0.1) is 5.92 Å². The van der Waals surface area contributed by atoms with Crippen molar-refractivity contribution in [3.63, 3.8) is 0 Å². The van der Waals surface area contributed by atoms with Gasteiger partial charge in [-0.1, -0.05) is 5.16 Å². The Bertz CT molecular complexity index is 661. The molecule has 1 saturated heterocycles. The van der Waals surface area contributed by atoms with Crippen LogP contribution in [0.3, 0.4) is 0 Å². The molecule has 0 radical (unpaired) electrons. The Balaban J connectivity index is 1.58. The smallest absolute Gasteiger partial charge is 0.248 e. The third kappa shape index (κ3) is 4.14. The van der Waals surface area contributed by atoms with Crippen LogP contribution in [-0.4, -0.2) is 57.2 Å². The Morgan fingerprint density at radius 1 is 1.46 bits per heavy atom. The van der Waals surface area contributed by atoms with Gasteiger partial charge in [0.1, 0.15) is 12.3 Å². The van der Waals surface area contributed by atoms with E-state index in [4.69, 9.17) is 9.26 Å². The SMILES string of the molecule is CCOCC(=O)N1CCC[C@@H](Cc2nc(-c3cnccn3)no2)C1. The van der Waals surface area contributed by atoms with Crippen molar-refractivity contribution in [3.05, 3.63) is 24.5 Å². The number of nitrogens with zero attached hydrogens (tertiary/aromatic N) is 5. The molecule has 1 aliphatic heterocycles. The summed E-state index contributed by atoms with van der Waals surface area (Å²) in [5, 5.41) is 3.96. The highest BCUT2D eigenvalue weighted by atomic mass is 16.5. The van der Waals surface area contributed by atoms with Crippen molar-refractivity contribution in [2.75, 3.05) is 26.3 Å². The van der Waals surface area contributed by atoms with Crippen LogP contribution in [0.15, 0.2) is 23.1 Å². The maximum absolute atomic E-state index is 12.1. The molecule has 1 atom stereocenters. The van der Waals surface area contributed by atoms with Crippen molar-refractivity contribution < 1.29 is 14.1 Å². The number of rotatable bonds is 6. The van der Waals surface area contributed by atoms with Gasteiger partial charge in [-0.15, -0.1) is 0 Å². The lowest BCUT2D eigenvalue weighted by Crippen LogP contribution is -2.42. The Kier molecular flexibility index (Phi) is 5.47. The minimum Gasteiger partial charge on any atom is -0.372 e. The third-order valence-electron chi connectivity index (χ3n) is 4.03. The molecule has 8 nitrogen and oxygen atoms in total. The molecule has 0 aromatic carbocycles. The molecular weight excluding hydrogens is 310 g/mol. The molecule has 0 spiro atoms. The quantitative estimate of drug-likeness (QED) is 0.788. The Labute approximate surface area is 140 Å². The fraction of sp³-hybridized carbons (Fsp3) is 0.562. The molecule has 3 heterocycles. The standard InChI is InChI=1S/C16H21N5O3/c1-2-23-11-15(22)21-7-3-4-12(10-21)8-14-19-16(20-24-14)13-9-17-5-6-18-13/h5-6,9,12H,2-4,7-8,10-11H2,1H3/t12-/m0/s1. The summed E-state index contributed by atoms with van der Waals surface area (Å²) in [6.45, 7) is 4.08. The molecule has 0 aliphatic carbocycles. The summed E-state index contributed by atoms with van der Waals surface area (Å²) in [6.07, 6.45) is 7.47. The highest BCUT2D eigenvalue weighted by Gasteiger charge is 2.25. The maximum Gasteiger partial charge on any atom is 0.248 e. The molecular formula is C16H21N5O3. The molecule has 0 bridgehead atoms. The average molecular weight is 331 g/mol. The van der Waals surface area contributed by atoms with Gasteiger partial charge < -0.3 is 14.2 Å². The predicted molar refractivity (Wildman–Crippen MR) is 84.8 cm³/mol. The van der Waals surface area contributed by atoms with Crippen LogP contribution in [0.2, 0.25) is 0 Å². The van der Waals surface area contributed by atoms with Gasteiger partial charge in [0.05, 0.1) is 6.20 Å². The van der Waals surface area contributed by atoms with Gasteiger partial charge in [0.25, 0.3) is 0 Å². The second kappa shape index (κ2) is 7.96. The van der Waals surface area contributed by atoms with E-state index in [1.165, 1.54) is 0 Å². The van der Waals surface area contributed by atoms with Crippen LogP contribution >= 0.6 is 0 Å². The van der Waals surface area contributed by atoms with Gasteiger partial charge in [-0.05, 0) is 25.7 Å². The molecule has 1 aliphatic rings. The van der Waals surface area contributed by atoms with E-state index in [1.807, 2.05) is 11.8 Å². The molecule has 128 valence electrons. The van der Waals surface area contributed by atoms with E-state index in [0.717, 1.165) is 19.4 Å². The molecule has 3 rings (SSSR count). The van der Waals surface area contributed by atoms with Gasteiger partial charge in [0.2, 0.25) is 17.6 Å². The number of hydrogen-bond acceptors (Lipinski definition) is 7. The Hall–Kier alpha value is -2.35. The number of hydrogen-bond donors (Lipinski definition) is 0. The summed E-state index contributed by atoms with van der Waals surface area (Å²) >= 11 is 0. The van der Waals surface area contributed by atoms with E-state index in [9.17, 15) is 4.79 Å². The average Bonchev–Trinajstić information content (AvgIpc) is 3.09. The van der Waals surface area contributed by atoms with E-state index < -0.39 is 0 Å². The lowest BCUT2D eigenvalue weighted by Gasteiger charge is -2.32. The summed E-state index contributed by atoms with van der Waals surface area (Å²) in [7, 11) is 0. The van der Waals surface area contributed by atoms with E-state index in [2.05, 4.69) is 20.1 Å². The summed E-state index contributed by atoms with van der Waals surface area (Å²) in [5.41, 5.74) is 0.588. The molecule has 0 saturated carbocycles. The third-order valence-corrected chi connectivity index (χ3v) is 4.03. The van der Waals surface area contributed by atoms with Crippen molar-refractivity contribution >= 4 is 5.91 Å². The molecule has 24 heavy (non-hydrogen) atoms. The van der Waals surface area contributed by atoms with Crippen molar-refractivity contribution in [1.82, 2.24) is 25.0 Å². The minimum atomic E-state index is 0.0485. The van der Waals surface area contributed by atoms with Gasteiger partial charge >= 0.3 is 0 Å². The first-order chi connectivity index (χ1) is 11.8. The summed E-state index contributed by atoms with van der Waals surface area (Å²) < 4.78 is 10.5. The monoisotopic (exact) mass is 331 g/mol. The summed E-state index contributed by atoms with van der Waals surface area (Å²) in [4.78, 5) is 26.5. The zero-order chi connectivity index (χ0) is 16.8. The van der Waals surface area contributed by atoms with E-state index >= 15 is 0 Å². The maximum atomic E-state index is 12.1. The van der Waals surface area contributed by atoms with E-state index in [1.54, 1.807) is 18.6 Å². The van der Waals surface area contributed by atoms with Crippen molar-refractivity contribution in [2.45, 2.75) is 26.2 Å². The highest BCUT2D eigenvalue weighted by Crippen LogP contribution is 2.21. The molecule has 0 unspecified atom stereocenters. The predicted octanol–water partition coefficient (Wildman–Crippen LogP) is 1.34. The largest absolute Gasteiger partial charge is 0.372 e. The second-order valence-electron chi connectivity index (χ2n) is 5.79. The Morgan fingerprint density at radius 2 is 2.38 bits per heavy atom. The number of piperidine rings is 1. The fourth-order valence-corrected chi connectivity index (χ4v) is 2.84. The zero-order valence-corrected chi connectivity index (χ0v) is 13.7. The van der Waals surface area contributed by atoms with Crippen LogP contribution in [0.25, 0.3) is 11.5 Å². The minimum absolute atomic E-state index is 0.0485. The number of amides is 1. The Morgan fingerprint density at radius 3 is 3.17 bits per heavy atom. The van der Waals surface area contributed by atoms with Crippen molar-refractivity contribution in [2.24, 2.45) is 5.92 Å². The molecule has 2 aromatic heterocycles. The van der Waals surface area contributed by atoms with Crippen LogP contribution in [0.5, 0.6) is 0 Å². The molecule has 8 heteroatoms. The highest BCUT2D eigenvalue weighted by molar-refractivity contribution is 5.77. The molecule has 1 fully saturated rings. The summed E-state index contributed by atoms with van der Waals surface area (Å²) in [6, 6.07) is 0. The molecule has 0 N–H and O–H groups in total. The lowest BCUT2D eigenvalue weighted by atomic mass is 9.95. The number of carbonyl (C=O) groups excluding carboxylic acids is 1. The van der Waals surface area contributed by atoms with Crippen LogP contribution < -0.4 is 0 Å². The zero-order valence-electron chi connectivity index (χ0n) is 13.7. The normalized spacial score (nSPS) is 17.9. The first-order valence-corrected chi connectivity index (χ1v) is 8.20. The number of likely N-dealkylation sites (tertiary alicyclic amines) is 1. The second-order valence-corrected chi connectivity index (χ2v) is 5.79. The molecule has 1 amide bonds. The van der Waals surface area contributed by atoms with Gasteiger partial charge in [0, 0.05) is 38.5 Å². The number of carbonyl (C=O) groups is 1. The van der Waals surface area contributed by atoms with Gasteiger partial charge in [0.15, 0.2) is 0 Å². The number of aromatic nitrogens is 4. The van der Waals surface area contributed by atoms with E-state index in [-0.39, 0.29) is 12.5 Å². The van der Waals surface area contributed by atoms with Crippen LogP contribution in [-0.2, 0) is 16.0 Å². The fourth-order valence-electron chi connectivity index (χ4n) is 2.84. The van der Waals surface area contributed by atoms with Gasteiger partial charge in [-0.2, -0.15) is 4.98 Å². The van der Waals surface area contributed by atoms with Crippen LogP contribution in [0.1, 0.15) is 25.7 Å². The van der Waals surface area contributed by atoms with Gasteiger partial charge in [-0.25, -0.2) is 4.98 Å². The topological polar surface area (TPSA) is 94.2 Å². The van der Waals surface area contributed by atoms with Crippen molar-refractivity contribution in [1.29, 1.82) is 0 Å². The molecule has 2 aromatic rings.